The lowest BCUT2D eigenvalue weighted by Gasteiger charge is -2.20. The third-order valence-corrected chi connectivity index (χ3v) is 2.17. The Morgan fingerprint density at radius 3 is 2.62 bits per heavy atom. The molecule has 1 aliphatic rings. The molecule has 2 N–H and O–H groups in total. The first-order chi connectivity index (χ1) is 7.40. The zero-order chi connectivity index (χ0) is 12.2. The van der Waals surface area contributed by atoms with E-state index < -0.39 is 11.7 Å². The van der Waals surface area contributed by atoms with Gasteiger partial charge in [0.15, 0.2) is 0 Å². The molecule has 0 aliphatic heterocycles. The van der Waals surface area contributed by atoms with Gasteiger partial charge in [0.2, 0.25) is 0 Å². The molecule has 5 heteroatoms. The van der Waals surface area contributed by atoms with Crippen molar-refractivity contribution < 1.29 is 9.53 Å². The fourth-order valence-corrected chi connectivity index (χ4v) is 1.28. The summed E-state index contributed by atoms with van der Waals surface area (Å²) in [5.74, 6) is 0.637. The number of hydrogen-bond donors (Lipinski definition) is 2. The van der Waals surface area contributed by atoms with Gasteiger partial charge in [0.05, 0.1) is 6.07 Å². The van der Waals surface area contributed by atoms with Crippen LogP contribution in [0.1, 0.15) is 40.0 Å². The third kappa shape index (κ3) is 5.56. The van der Waals surface area contributed by atoms with Crippen LogP contribution in [0.25, 0.3) is 0 Å². The predicted molar refractivity (Wildman–Crippen MR) is 59.2 cm³/mol. The van der Waals surface area contributed by atoms with Crippen LogP contribution in [0.3, 0.4) is 0 Å². The van der Waals surface area contributed by atoms with Crippen molar-refractivity contribution in [3.05, 3.63) is 0 Å². The fraction of sp³-hybridized carbons (Fsp3) is 0.818. The lowest BCUT2D eigenvalue weighted by molar-refractivity contribution is 0.0492. The van der Waals surface area contributed by atoms with Crippen LogP contribution in [-0.4, -0.2) is 17.7 Å². The van der Waals surface area contributed by atoms with Gasteiger partial charge in [-0.3, -0.25) is 5.43 Å². The number of nitrogens with zero attached hydrogens (tertiary/aromatic N) is 1. The average molecular weight is 225 g/mol. The van der Waals surface area contributed by atoms with Crippen LogP contribution in [0.2, 0.25) is 0 Å². The molecule has 5 nitrogen and oxygen atoms in total. The Kier molecular flexibility index (Phi) is 4.13. The topological polar surface area (TPSA) is 74.2 Å². The van der Waals surface area contributed by atoms with E-state index in [0.29, 0.717) is 5.92 Å². The Morgan fingerprint density at radius 2 is 2.19 bits per heavy atom. The van der Waals surface area contributed by atoms with Crippen molar-refractivity contribution in [1.82, 2.24) is 10.9 Å². The summed E-state index contributed by atoms with van der Waals surface area (Å²) in [5.41, 5.74) is 4.54. The van der Waals surface area contributed by atoms with Crippen LogP contribution in [0.15, 0.2) is 0 Å². The largest absolute Gasteiger partial charge is 0.443 e. The molecule has 0 aromatic carbocycles. The number of ether oxygens (including phenoxy) is 1. The minimum absolute atomic E-state index is 0.333. The van der Waals surface area contributed by atoms with E-state index in [2.05, 4.69) is 16.9 Å². The molecule has 0 aromatic heterocycles. The van der Waals surface area contributed by atoms with Crippen LogP contribution < -0.4 is 10.9 Å². The van der Waals surface area contributed by atoms with Crippen molar-refractivity contribution in [3.63, 3.8) is 0 Å². The van der Waals surface area contributed by atoms with Crippen molar-refractivity contribution in [2.45, 2.75) is 51.7 Å². The second-order valence-corrected chi connectivity index (χ2v) is 5.13. The molecular weight excluding hydrogens is 206 g/mol. The third-order valence-electron chi connectivity index (χ3n) is 2.17. The second-order valence-electron chi connectivity index (χ2n) is 5.13. The van der Waals surface area contributed by atoms with Gasteiger partial charge in [-0.25, -0.2) is 10.2 Å². The molecule has 0 saturated heterocycles. The summed E-state index contributed by atoms with van der Waals surface area (Å²) >= 11 is 0. The predicted octanol–water partition coefficient (Wildman–Crippen LogP) is 1.71. The molecule has 1 rings (SSSR count). The van der Waals surface area contributed by atoms with Crippen molar-refractivity contribution in [2.24, 2.45) is 5.92 Å². The molecule has 0 radical (unpaired) electrons. The van der Waals surface area contributed by atoms with Crippen molar-refractivity contribution >= 4 is 6.09 Å². The maximum absolute atomic E-state index is 11.3. The normalized spacial score (nSPS) is 17.4. The molecule has 0 bridgehead atoms. The Bertz CT molecular complexity index is 287. The van der Waals surface area contributed by atoms with Gasteiger partial charge < -0.3 is 4.74 Å². The quantitative estimate of drug-likeness (QED) is 0.714. The van der Waals surface area contributed by atoms with Crippen molar-refractivity contribution in [2.75, 3.05) is 0 Å². The van der Waals surface area contributed by atoms with E-state index in [1.807, 2.05) is 0 Å². The van der Waals surface area contributed by atoms with Crippen molar-refractivity contribution in [1.29, 1.82) is 5.26 Å². The highest BCUT2D eigenvalue weighted by molar-refractivity contribution is 5.67. The number of amides is 1. The number of nitrogens with one attached hydrogen (secondary N) is 2. The number of nitriles is 1. The molecular formula is C11H19N3O2. The zero-order valence-corrected chi connectivity index (χ0v) is 10.0. The fourth-order valence-electron chi connectivity index (χ4n) is 1.28. The molecule has 16 heavy (non-hydrogen) atoms. The summed E-state index contributed by atoms with van der Waals surface area (Å²) in [6, 6.07) is 1.78. The second kappa shape index (κ2) is 5.17. The van der Waals surface area contributed by atoms with Crippen LogP contribution in [-0.2, 0) is 4.74 Å². The van der Waals surface area contributed by atoms with Gasteiger partial charge in [-0.05, 0) is 33.1 Å². The zero-order valence-electron chi connectivity index (χ0n) is 10.0. The van der Waals surface area contributed by atoms with Gasteiger partial charge >= 0.3 is 6.09 Å². The van der Waals surface area contributed by atoms with E-state index in [-0.39, 0.29) is 6.04 Å². The van der Waals surface area contributed by atoms with Gasteiger partial charge in [-0.2, -0.15) is 5.26 Å². The highest BCUT2D eigenvalue weighted by Gasteiger charge is 2.26. The van der Waals surface area contributed by atoms with E-state index in [1.54, 1.807) is 20.8 Å². The van der Waals surface area contributed by atoms with Crippen molar-refractivity contribution in [3.8, 4) is 6.07 Å². The Morgan fingerprint density at radius 1 is 1.56 bits per heavy atom. The van der Waals surface area contributed by atoms with Crippen LogP contribution in [0, 0.1) is 17.2 Å². The van der Waals surface area contributed by atoms with E-state index in [9.17, 15) is 4.79 Å². The monoisotopic (exact) mass is 225 g/mol. The van der Waals surface area contributed by atoms with E-state index in [0.717, 1.165) is 6.42 Å². The Hall–Kier alpha value is -1.28. The smallest absolute Gasteiger partial charge is 0.422 e. The lowest BCUT2D eigenvalue weighted by atomic mass is 10.2. The molecule has 0 aromatic rings. The first kappa shape index (κ1) is 12.8. The molecule has 1 fully saturated rings. The molecule has 1 amide bonds. The van der Waals surface area contributed by atoms with Gasteiger partial charge in [0.25, 0.3) is 0 Å². The molecule has 1 atom stereocenters. The molecule has 0 heterocycles. The maximum Gasteiger partial charge on any atom is 0.422 e. The Balaban J connectivity index is 2.21. The van der Waals surface area contributed by atoms with E-state index in [4.69, 9.17) is 10.00 Å². The molecule has 0 unspecified atom stereocenters. The number of hydrogen-bond acceptors (Lipinski definition) is 4. The highest BCUT2D eigenvalue weighted by atomic mass is 16.6. The first-order valence-electron chi connectivity index (χ1n) is 5.55. The number of carbonyl (C=O) groups excluding carboxylic acids is 1. The van der Waals surface area contributed by atoms with Gasteiger partial charge in [0, 0.05) is 0 Å². The summed E-state index contributed by atoms with van der Waals surface area (Å²) in [7, 11) is 0. The molecule has 1 aliphatic carbocycles. The summed E-state index contributed by atoms with van der Waals surface area (Å²) < 4.78 is 5.03. The van der Waals surface area contributed by atoms with Crippen LogP contribution >= 0.6 is 0 Å². The lowest BCUT2D eigenvalue weighted by Crippen LogP contribution is -2.46. The first-order valence-corrected chi connectivity index (χ1v) is 5.55. The SMILES string of the molecule is CC(C)(C)OC(=O)NN[C@H](C#N)CC1CC1. The Labute approximate surface area is 96.1 Å². The number of carbonyl (C=O) groups is 1. The van der Waals surface area contributed by atoms with Gasteiger partial charge in [0.1, 0.15) is 11.6 Å². The molecule has 1 saturated carbocycles. The number of hydrazine groups is 1. The van der Waals surface area contributed by atoms with Crippen LogP contribution in [0.4, 0.5) is 4.79 Å². The van der Waals surface area contributed by atoms with E-state index >= 15 is 0 Å². The summed E-state index contributed by atoms with van der Waals surface area (Å²) in [4.78, 5) is 11.3. The van der Waals surface area contributed by atoms with Gasteiger partial charge in [-0.1, -0.05) is 12.8 Å². The summed E-state index contributed by atoms with van der Waals surface area (Å²) in [6.07, 6.45) is 2.61. The van der Waals surface area contributed by atoms with Gasteiger partial charge in [-0.15, -0.1) is 0 Å². The minimum Gasteiger partial charge on any atom is -0.443 e. The average Bonchev–Trinajstić information content (AvgIpc) is 2.92. The summed E-state index contributed by atoms with van der Waals surface area (Å²) in [6.45, 7) is 5.37. The summed E-state index contributed by atoms with van der Waals surface area (Å²) in [5, 5.41) is 8.84. The number of rotatable bonds is 4. The minimum atomic E-state index is -0.552. The molecule has 90 valence electrons. The highest BCUT2D eigenvalue weighted by Crippen LogP contribution is 2.33. The standard InChI is InChI=1S/C11H19N3O2/c1-11(2,3)16-10(15)14-13-9(7-12)6-8-4-5-8/h8-9,13H,4-6H2,1-3H3,(H,14,15)/t9-/m0/s1. The van der Waals surface area contributed by atoms with E-state index in [1.165, 1.54) is 12.8 Å². The molecule has 0 spiro atoms. The maximum atomic E-state index is 11.3. The van der Waals surface area contributed by atoms with Crippen LogP contribution in [0.5, 0.6) is 0 Å².